The summed E-state index contributed by atoms with van der Waals surface area (Å²) < 4.78 is 0. The van der Waals surface area contributed by atoms with Gasteiger partial charge in [0.15, 0.2) is 0 Å². The molecule has 0 aromatic carbocycles. The Labute approximate surface area is 115 Å². The summed E-state index contributed by atoms with van der Waals surface area (Å²) in [5, 5.41) is 2.96. The molecule has 0 unspecified atom stereocenters. The smallest absolute Gasteiger partial charge is 0.255 e. The highest BCUT2D eigenvalue weighted by molar-refractivity contribution is 5.94. The van der Waals surface area contributed by atoms with Crippen molar-refractivity contribution in [1.29, 1.82) is 0 Å². The van der Waals surface area contributed by atoms with Crippen LogP contribution >= 0.6 is 0 Å². The molecule has 4 nitrogen and oxygen atoms in total. The predicted octanol–water partition coefficient (Wildman–Crippen LogP) is 2.78. The van der Waals surface area contributed by atoms with Gasteiger partial charge in [-0.05, 0) is 36.8 Å². The number of carbonyl (C=O) groups excluding carboxylic acids is 1. The molecule has 0 bridgehead atoms. The van der Waals surface area contributed by atoms with Crippen molar-refractivity contribution in [3.05, 3.63) is 23.9 Å². The van der Waals surface area contributed by atoms with Gasteiger partial charge in [0.2, 0.25) is 0 Å². The lowest BCUT2D eigenvalue weighted by Crippen LogP contribution is -2.32. The van der Waals surface area contributed by atoms with E-state index in [0.717, 1.165) is 31.7 Å². The van der Waals surface area contributed by atoms with E-state index < -0.39 is 0 Å². The Balaban J connectivity index is 2.06. The van der Waals surface area contributed by atoms with Crippen LogP contribution in [0.2, 0.25) is 0 Å². The van der Waals surface area contributed by atoms with Crippen LogP contribution in [0.1, 0.15) is 43.5 Å². The Morgan fingerprint density at radius 2 is 2.11 bits per heavy atom. The molecule has 0 radical (unpaired) electrons. The van der Waals surface area contributed by atoms with Crippen molar-refractivity contribution in [1.82, 2.24) is 9.88 Å². The van der Waals surface area contributed by atoms with Crippen molar-refractivity contribution in [3.63, 3.8) is 0 Å². The van der Waals surface area contributed by atoms with E-state index in [2.05, 4.69) is 24.1 Å². The van der Waals surface area contributed by atoms with Gasteiger partial charge in [0.25, 0.3) is 5.91 Å². The van der Waals surface area contributed by atoms with Crippen LogP contribution in [0.25, 0.3) is 0 Å². The lowest BCUT2D eigenvalue weighted by Gasteiger charge is -2.23. The lowest BCUT2D eigenvalue weighted by atomic mass is 9.85. The van der Waals surface area contributed by atoms with E-state index in [1.807, 2.05) is 24.1 Å². The van der Waals surface area contributed by atoms with E-state index in [9.17, 15) is 4.79 Å². The van der Waals surface area contributed by atoms with Crippen LogP contribution in [0.15, 0.2) is 18.3 Å². The van der Waals surface area contributed by atoms with Gasteiger partial charge < -0.3 is 10.2 Å². The summed E-state index contributed by atoms with van der Waals surface area (Å²) in [5.41, 5.74) is 1.03. The van der Waals surface area contributed by atoms with Gasteiger partial charge >= 0.3 is 0 Å². The highest BCUT2D eigenvalue weighted by Crippen LogP contribution is 2.30. The fourth-order valence-electron chi connectivity index (χ4n) is 2.48. The zero-order chi connectivity index (χ0) is 13.9. The maximum absolute atomic E-state index is 12.4. The molecule has 0 spiro atoms. The summed E-state index contributed by atoms with van der Waals surface area (Å²) in [5.74, 6) is 0.890. The number of hydrogen-bond donors (Lipinski definition) is 1. The number of carbonyl (C=O) groups is 1. The minimum atomic E-state index is 0.104. The average Bonchev–Trinajstić information content (AvgIpc) is 2.59. The number of amides is 1. The molecular formula is C15H23N3O. The third-order valence-corrected chi connectivity index (χ3v) is 3.89. The summed E-state index contributed by atoms with van der Waals surface area (Å²) in [6.45, 7) is 6.27. The molecule has 0 aliphatic carbocycles. The zero-order valence-electron chi connectivity index (χ0n) is 12.1. The van der Waals surface area contributed by atoms with Crippen molar-refractivity contribution in [2.75, 3.05) is 25.5 Å². The van der Waals surface area contributed by atoms with Gasteiger partial charge in [0.1, 0.15) is 5.82 Å². The summed E-state index contributed by atoms with van der Waals surface area (Å²) in [7, 11) is 1.82. The Morgan fingerprint density at radius 3 is 2.74 bits per heavy atom. The number of rotatable bonds is 2. The van der Waals surface area contributed by atoms with Crippen molar-refractivity contribution in [2.24, 2.45) is 5.41 Å². The van der Waals surface area contributed by atoms with Crippen molar-refractivity contribution >= 4 is 11.7 Å². The van der Waals surface area contributed by atoms with Gasteiger partial charge in [-0.3, -0.25) is 4.79 Å². The van der Waals surface area contributed by atoms with Gasteiger partial charge in [-0.15, -0.1) is 0 Å². The molecule has 1 fully saturated rings. The van der Waals surface area contributed by atoms with E-state index in [0.29, 0.717) is 11.0 Å². The average molecular weight is 261 g/mol. The quantitative estimate of drug-likeness (QED) is 0.890. The highest BCUT2D eigenvalue weighted by atomic mass is 16.2. The minimum Gasteiger partial charge on any atom is -0.373 e. The molecule has 4 heteroatoms. The topological polar surface area (TPSA) is 45.2 Å². The summed E-state index contributed by atoms with van der Waals surface area (Å²) >= 11 is 0. The first-order chi connectivity index (χ1) is 9.02. The van der Waals surface area contributed by atoms with Crippen LogP contribution in [-0.2, 0) is 0 Å². The molecule has 1 aliphatic heterocycles. The largest absolute Gasteiger partial charge is 0.373 e. The number of anilines is 1. The second-order valence-electron chi connectivity index (χ2n) is 5.99. The Kier molecular flexibility index (Phi) is 4.08. The van der Waals surface area contributed by atoms with Crippen LogP contribution in [0, 0.1) is 5.41 Å². The normalized spacial score (nSPS) is 18.8. The first-order valence-electron chi connectivity index (χ1n) is 6.95. The molecule has 104 valence electrons. The molecule has 1 aliphatic rings. The summed E-state index contributed by atoms with van der Waals surface area (Å²) in [6, 6.07) is 3.69. The molecule has 1 N–H and O–H groups in total. The van der Waals surface area contributed by atoms with E-state index in [-0.39, 0.29) is 5.91 Å². The van der Waals surface area contributed by atoms with Gasteiger partial charge in [0, 0.05) is 26.3 Å². The molecule has 0 atom stereocenters. The standard InChI is InChI=1S/C15H23N3O/c1-15(2)7-4-9-18(10-8-15)14(19)12-5-6-13(16-3)17-11-12/h5-6,11H,4,7-10H2,1-3H3,(H,16,17). The van der Waals surface area contributed by atoms with Gasteiger partial charge in [0.05, 0.1) is 5.56 Å². The second-order valence-corrected chi connectivity index (χ2v) is 5.99. The van der Waals surface area contributed by atoms with E-state index >= 15 is 0 Å². The fraction of sp³-hybridized carbons (Fsp3) is 0.600. The molecule has 1 aromatic heterocycles. The number of pyridine rings is 1. The first kappa shape index (κ1) is 13.8. The number of nitrogens with one attached hydrogen (secondary N) is 1. The molecule has 1 amide bonds. The Morgan fingerprint density at radius 1 is 1.32 bits per heavy atom. The third kappa shape index (κ3) is 3.46. The second kappa shape index (κ2) is 5.59. The predicted molar refractivity (Wildman–Crippen MR) is 77.3 cm³/mol. The van der Waals surface area contributed by atoms with Gasteiger partial charge in [-0.25, -0.2) is 4.98 Å². The molecule has 19 heavy (non-hydrogen) atoms. The molecular weight excluding hydrogens is 238 g/mol. The highest BCUT2D eigenvalue weighted by Gasteiger charge is 2.25. The van der Waals surface area contributed by atoms with Crippen molar-refractivity contribution in [3.8, 4) is 0 Å². The number of likely N-dealkylation sites (tertiary alicyclic amines) is 1. The van der Waals surface area contributed by atoms with Crippen LogP contribution in [0.4, 0.5) is 5.82 Å². The van der Waals surface area contributed by atoms with Crippen molar-refractivity contribution < 1.29 is 4.79 Å². The Hall–Kier alpha value is -1.58. The molecule has 1 saturated heterocycles. The molecule has 2 heterocycles. The van der Waals surface area contributed by atoms with Crippen LogP contribution < -0.4 is 5.32 Å². The Bertz CT molecular complexity index is 439. The maximum atomic E-state index is 12.4. The SMILES string of the molecule is CNc1ccc(C(=O)N2CCCC(C)(C)CC2)cn1. The lowest BCUT2D eigenvalue weighted by molar-refractivity contribution is 0.0757. The van der Waals surface area contributed by atoms with E-state index in [1.165, 1.54) is 6.42 Å². The molecule has 2 rings (SSSR count). The minimum absolute atomic E-state index is 0.104. The van der Waals surface area contributed by atoms with Gasteiger partial charge in [-0.1, -0.05) is 13.8 Å². The van der Waals surface area contributed by atoms with Gasteiger partial charge in [-0.2, -0.15) is 0 Å². The molecule has 0 saturated carbocycles. The third-order valence-electron chi connectivity index (χ3n) is 3.89. The summed E-state index contributed by atoms with van der Waals surface area (Å²) in [6.07, 6.45) is 5.00. The first-order valence-corrected chi connectivity index (χ1v) is 6.95. The molecule has 1 aromatic rings. The van der Waals surface area contributed by atoms with Crippen LogP contribution in [0.3, 0.4) is 0 Å². The number of aromatic nitrogens is 1. The monoisotopic (exact) mass is 261 g/mol. The van der Waals surface area contributed by atoms with Crippen molar-refractivity contribution in [2.45, 2.75) is 33.1 Å². The van der Waals surface area contributed by atoms with E-state index in [4.69, 9.17) is 0 Å². The van der Waals surface area contributed by atoms with Crippen LogP contribution in [-0.4, -0.2) is 35.9 Å². The number of hydrogen-bond acceptors (Lipinski definition) is 3. The van der Waals surface area contributed by atoms with Crippen LogP contribution in [0.5, 0.6) is 0 Å². The zero-order valence-corrected chi connectivity index (χ0v) is 12.1. The fourth-order valence-corrected chi connectivity index (χ4v) is 2.48. The number of nitrogens with zero attached hydrogens (tertiary/aromatic N) is 2. The van der Waals surface area contributed by atoms with E-state index in [1.54, 1.807) is 6.20 Å². The maximum Gasteiger partial charge on any atom is 0.255 e. The summed E-state index contributed by atoms with van der Waals surface area (Å²) in [4.78, 5) is 18.6.